The van der Waals surface area contributed by atoms with Gasteiger partial charge in [0.05, 0.1) is 12.3 Å². The SMILES string of the molecule is Cc1cc(C)c(NS(=O)(=O)c2cc(CO)sc2C)c(Br)c1. The van der Waals surface area contributed by atoms with E-state index < -0.39 is 10.0 Å². The molecule has 0 unspecified atom stereocenters. The predicted octanol–water partition coefficient (Wildman–Crippen LogP) is 3.73. The van der Waals surface area contributed by atoms with Crippen molar-refractivity contribution in [3.8, 4) is 0 Å². The summed E-state index contributed by atoms with van der Waals surface area (Å²) in [4.78, 5) is 1.50. The number of aryl methyl sites for hydroxylation is 3. The molecule has 2 rings (SSSR count). The van der Waals surface area contributed by atoms with Crippen LogP contribution in [0.25, 0.3) is 0 Å². The molecule has 1 aromatic heterocycles. The fraction of sp³-hybridized carbons (Fsp3) is 0.286. The number of benzene rings is 1. The molecule has 0 aliphatic heterocycles. The van der Waals surface area contributed by atoms with Crippen molar-refractivity contribution in [2.75, 3.05) is 4.72 Å². The van der Waals surface area contributed by atoms with Crippen molar-refractivity contribution >= 4 is 43.0 Å². The maximum Gasteiger partial charge on any atom is 0.263 e. The summed E-state index contributed by atoms with van der Waals surface area (Å²) in [5.41, 5.74) is 2.44. The summed E-state index contributed by atoms with van der Waals surface area (Å²) in [6.45, 7) is 5.38. The summed E-state index contributed by atoms with van der Waals surface area (Å²) in [6.07, 6.45) is 0. The van der Waals surface area contributed by atoms with Gasteiger partial charge in [0.2, 0.25) is 0 Å². The number of anilines is 1. The molecule has 0 fully saturated rings. The molecule has 2 N–H and O–H groups in total. The molecule has 0 amide bonds. The van der Waals surface area contributed by atoms with E-state index in [0.29, 0.717) is 19.9 Å². The Morgan fingerprint density at radius 1 is 1.24 bits per heavy atom. The molecule has 0 saturated heterocycles. The molecular weight excluding hydrogens is 374 g/mol. The first-order chi connectivity index (χ1) is 9.74. The molecule has 4 nitrogen and oxygen atoms in total. The Morgan fingerprint density at radius 2 is 1.90 bits per heavy atom. The van der Waals surface area contributed by atoms with Gasteiger partial charge in [0.25, 0.3) is 10.0 Å². The van der Waals surface area contributed by atoms with Gasteiger partial charge in [0.1, 0.15) is 4.90 Å². The largest absolute Gasteiger partial charge is 0.391 e. The number of halogens is 1. The minimum absolute atomic E-state index is 0.158. The molecule has 0 spiro atoms. The molecule has 0 aliphatic rings. The van der Waals surface area contributed by atoms with Crippen molar-refractivity contribution in [3.63, 3.8) is 0 Å². The quantitative estimate of drug-likeness (QED) is 0.836. The Bertz CT molecular complexity index is 759. The van der Waals surface area contributed by atoms with Crippen LogP contribution < -0.4 is 4.72 Å². The number of hydrogen-bond donors (Lipinski definition) is 2. The van der Waals surface area contributed by atoms with Crippen LogP contribution >= 0.6 is 27.3 Å². The van der Waals surface area contributed by atoms with Crippen LogP contribution in [0, 0.1) is 20.8 Å². The van der Waals surface area contributed by atoms with Gasteiger partial charge >= 0.3 is 0 Å². The fourth-order valence-electron chi connectivity index (χ4n) is 2.10. The zero-order valence-electron chi connectivity index (χ0n) is 11.9. The second kappa shape index (κ2) is 6.08. The van der Waals surface area contributed by atoms with E-state index in [2.05, 4.69) is 20.7 Å². The third kappa shape index (κ3) is 3.48. The smallest absolute Gasteiger partial charge is 0.263 e. The van der Waals surface area contributed by atoms with E-state index in [4.69, 9.17) is 5.11 Å². The molecule has 0 radical (unpaired) electrons. The van der Waals surface area contributed by atoms with Crippen LogP contribution in [0.5, 0.6) is 0 Å². The summed E-state index contributed by atoms with van der Waals surface area (Å²) in [5.74, 6) is 0. The highest BCUT2D eigenvalue weighted by Crippen LogP contribution is 2.32. The molecule has 1 aromatic carbocycles. The van der Waals surface area contributed by atoms with E-state index >= 15 is 0 Å². The molecule has 0 saturated carbocycles. The Labute approximate surface area is 137 Å². The van der Waals surface area contributed by atoms with E-state index in [1.165, 1.54) is 17.4 Å². The molecule has 21 heavy (non-hydrogen) atoms. The summed E-state index contributed by atoms with van der Waals surface area (Å²) in [6, 6.07) is 5.30. The third-order valence-electron chi connectivity index (χ3n) is 3.04. The minimum Gasteiger partial charge on any atom is -0.391 e. The molecule has 0 bridgehead atoms. The number of thiophene rings is 1. The average Bonchev–Trinajstić information content (AvgIpc) is 2.76. The number of aliphatic hydroxyl groups excluding tert-OH is 1. The summed E-state index contributed by atoms with van der Waals surface area (Å²) in [5, 5.41) is 9.14. The maximum absolute atomic E-state index is 12.5. The Morgan fingerprint density at radius 3 is 2.43 bits per heavy atom. The zero-order chi connectivity index (χ0) is 15.8. The molecular formula is C14H16BrNO3S2. The molecule has 0 atom stereocenters. The second-order valence-corrected chi connectivity index (χ2v) is 8.68. The first-order valence-corrected chi connectivity index (χ1v) is 9.33. The number of aliphatic hydroxyl groups is 1. The van der Waals surface area contributed by atoms with Crippen molar-refractivity contribution in [1.82, 2.24) is 0 Å². The van der Waals surface area contributed by atoms with Gasteiger partial charge in [-0.1, -0.05) is 6.07 Å². The van der Waals surface area contributed by atoms with Gasteiger partial charge in [-0.05, 0) is 60.0 Å². The summed E-state index contributed by atoms with van der Waals surface area (Å²) in [7, 11) is -3.67. The monoisotopic (exact) mass is 389 g/mol. The molecule has 1 heterocycles. The minimum atomic E-state index is -3.67. The fourth-order valence-corrected chi connectivity index (χ4v) is 5.66. The van der Waals surface area contributed by atoms with Crippen LogP contribution in [-0.4, -0.2) is 13.5 Å². The van der Waals surface area contributed by atoms with Crippen LogP contribution in [0.1, 0.15) is 20.9 Å². The van der Waals surface area contributed by atoms with Crippen molar-refractivity contribution in [3.05, 3.63) is 43.6 Å². The van der Waals surface area contributed by atoms with Crippen LogP contribution in [-0.2, 0) is 16.6 Å². The first kappa shape index (κ1) is 16.5. The van der Waals surface area contributed by atoms with Crippen molar-refractivity contribution in [1.29, 1.82) is 0 Å². The van der Waals surface area contributed by atoms with Gasteiger partial charge in [-0.15, -0.1) is 11.3 Å². The number of nitrogens with one attached hydrogen (secondary N) is 1. The van der Waals surface area contributed by atoms with Crippen LogP contribution in [0.2, 0.25) is 0 Å². The average molecular weight is 390 g/mol. The lowest BCUT2D eigenvalue weighted by Gasteiger charge is -2.13. The second-order valence-electron chi connectivity index (χ2n) is 4.84. The van der Waals surface area contributed by atoms with Crippen LogP contribution in [0.15, 0.2) is 27.6 Å². The highest BCUT2D eigenvalue weighted by atomic mass is 79.9. The Hall–Kier alpha value is -0.890. The van der Waals surface area contributed by atoms with Gasteiger partial charge in [0.15, 0.2) is 0 Å². The lowest BCUT2D eigenvalue weighted by Crippen LogP contribution is -2.14. The van der Waals surface area contributed by atoms with E-state index in [1.807, 2.05) is 26.0 Å². The molecule has 0 aliphatic carbocycles. The summed E-state index contributed by atoms with van der Waals surface area (Å²) >= 11 is 4.68. The Balaban J connectivity index is 2.44. The first-order valence-electron chi connectivity index (χ1n) is 6.24. The molecule has 114 valence electrons. The highest BCUT2D eigenvalue weighted by Gasteiger charge is 2.21. The van der Waals surface area contributed by atoms with Crippen LogP contribution in [0.3, 0.4) is 0 Å². The number of rotatable bonds is 4. The number of hydrogen-bond acceptors (Lipinski definition) is 4. The predicted molar refractivity (Wildman–Crippen MR) is 89.4 cm³/mol. The number of sulfonamides is 1. The lowest BCUT2D eigenvalue weighted by molar-refractivity contribution is 0.285. The Kier molecular flexibility index (Phi) is 4.77. The van der Waals surface area contributed by atoms with E-state index in [9.17, 15) is 8.42 Å². The van der Waals surface area contributed by atoms with E-state index in [1.54, 1.807) is 6.92 Å². The van der Waals surface area contributed by atoms with Crippen molar-refractivity contribution in [2.45, 2.75) is 32.3 Å². The van der Waals surface area contributed by atoms with Gasteiger partial charge in [-0.25, -0.2) is 8.42 Å². The maximum atomic E-state index is 12.5. The van der Waals surface area contributed by atoms with Gasteiger partial charge in [-0.3, -0.25) is 4.72 Å². The standard InChI is InChI=1S/C14H16BrNO3S2/c1-8-4-9(2)14(12(15)5-8)16-21(18,19)13-6-11(7-17)20-10(13)3/h4-6,16-17H,7H2,1-3H3. The topological polar surface area (TPSA) is 66.4 Å². The normalized spacial score (nSPS) is 11.7. The van der Waals surface area contributed by atoms with E-state index in [-0.39, 0.29) is 11.5 Å². The third-order valence-corrected chi connectivity index (χ3v) is 6.30. The van der Waals surface area contributed by atoms with Gasteiger partial charge < -0.3 is 5.11 Å². The van der Waals surface area contributed by atoms with Crippen molar-refractivity contribution < 1.29 is 13.5 Å². The van der Waals surface area contributed by atoms with Crippen LogP contribution in [0.4, 0.5) is 5.69 Å². The summed E-state index contributed by atoms with van der Waals surface area (Å²) < 4.78 is 28.4. The molecule has 7 heteroatoms. The molecule has 2 aromatic rings. The van der Waals surface area contributed by atoms with Crippen molar-refractivity contribution in [2.24, 2.45) is 0 Å². The van der Waals surface area contributed by atoms with Gasteiger partial charge in [0, 0.05) is 14.2 Å². The zero-order valence-corrected chi connectivity index (χ0v) is 15.1. The lowest BCUT2D eigenvalue weighted by atomic mass is 10.1. The van der Waals surface area contributed by atoms with E-state index in [0.717, 1.165) is 11.1 Å². The van der Waals surface area contributed by atoms with Gasteiger partial charge in [-0.2, -0.15) is 0 Å². The highest BCUT2D eigenvalue weighted by molar-refractivity contribution is 9.10.